The number of aromatic nitrogens is 2. The highest BCUT2D eigenvalue weighted by Gasteiger charge is 2.21. The van der Waals surface area contributed by atoms with E-state index in [-0.39, 0.29) is 53.3 Å². The zero-order chi connectivity index (χ0) is 22.0. The van der Waals surface area contributed by atoms with E-state index in [0.29, 0.717) is 0 Å². The quantitative estimate of drug-likeness (QED) is 0.393. The van der Waals surface area contributed by atoms with E-state index < -0.39 is 0 Å². The van der Waals surface area contributed by atoms with Crippen molar-refractivity contribution < 1.29 is 0 Å². The van der Waals surface area contributed by atoms with Crippen LogP contribution < -0.4 is 0 Å². The van der Waals surface area contributed by atoms with Crippen molar-refractivity contribution in [2.75, 3.05) is 0 Å². The van der Waals surface area contributed by atoms with Crippen molar-refractivity contribution >= 4 is 16.8 Å². The minimum Gasteiger partial charge on any atom is -0.257 e. The molecule has 0 aliphatic carbocycles. The first-order valence-electron chi connectivity index (χ1n) is 10.4. The van der Waals surface area contributed by atoms with Gasteiger partial charge in [-0.25, -0.2) is 0 Å². The van der Waals surface area contributed by atoms with Crippen LogP contribution in [0.3, 0.4) is 0 Å². The summed E-state index contributed by atoms with van der Waals surface area (Å²) in [6.07, 6.45) is 0. The Hall–Kier alpha value is -1.57. The summed E-state index contributed by atoms with van der Waals surface area (Å²) in [5.74, 6) is 0. The van der Waals surface area contributed by atoms with Crippen molar-refractivity contribution in [3.05, 3.63) is 59.2 Å². The zero-order valence-electron chi connectivity index (χ0n) is 21.5. The Morgan fingerprint density at radius 2 is 0.562 bits per heavy atom. The highest BCUT2D eigenvalue weighted by Crippen LogP contribution is 2.26. The summed E-state index contributed by atoms with van der Waals surface area (Å²) in [5, 5.41) is 0. The average Bonchev–Trinajstić information content (AvgIpc) is 2.52. The molecule has 2 aromatic heterocycles. The summed E-state index contributed by atoms with van der Waals surface area (Å²) in [7, 11) is 0. The van der Waals surface area contributed by atoms with Gasteiger partial charge < -0.3 is 0 Å². The van der Waals surface area contributed by atoms with Gasteiger partial charge in [-0.15, -0.1) is 0 Å². The highest BCUT2D eigenvalue weighted by atomic mass is 14.8. The Morgan fingerprint density at radius 3 is 0.688 bits per heavy atom. The average molecular weight is 436 g/mol. The maximum Gasteiger partial charge on any atom is 0.0460 e. The maximum atomic E-state index is 4.72. The smallest absolute Gasteiger partial charge is 0.0460 e. The predicted octanol–water partition coefficient (Wildman–Crippen LogP) is 7.86. The molecule has 0 saturated carbocycles. The third-order valence-electron chi connectivity index (χ3n) is 4.57. The zero-order valence-corrected chi connectivity index (χ0v) is 21.5. The normalized spacial score (nSPS) is 11.4. The molecule has 6 radical (unpaired) electrons. The van der Waals surface area contributed by atoms with Gasteiger partial charge in [-0.05, 0) is 24.3 Å². The molecular formula is C28H50B2N2. The lowest BCUT2D eigenvalue weighted by molar-refractivity contribution is 0.531. The molecule has 2 nitrogen and oxygen atoms in total. The first-order valence-corrected chi connectivity index (χ1v) is 10.4. The van der Waals surface area contributed by atoms with E-state index in [4.69, 9.17) is 9.97 Å². The topological polar surface area (TPSA) is 25.8 Å². The summed E-state index contributed by atoms with van der Waals surface area (Å²) in [4.78, 5) is 9.43. The molecule has 0 unspecified atom stereocenters. The molecule has 0 bridgehead atoms. The summed E-state index contributed by atoms with van der Waals surface area (Å²) in [6, 6.07) is 12.6. The first kappa shape index (κ1) is 37.7. The van der Waals surface area contributed by atoms with Gasteiger partial charge in [0.25, 0.3) is 0 Å². The standard InChI is InChI=1S/2C13H21N.2CH4.2B/c2*1-12(2,3)10-8-7-9-11(14-10)13(4,5)6;;;;/h2*7-9H,1-6H3;2*1H4;;. The second kappa shape index (κ2) is 13.2. The van der Waals surface area contributed by atoms with Crippen molar-refractivity contribution in [3.63, 3.8) is 0 Å². The van der Waals surface area contributed by atoms with E-state index in [0.717, 1.165) is 0 Å². The van der Waals surface area contributed by atoms with Gasteiger partial charge in [0, 0.05) is 61.3 Å². The highest BCUT2D eigenvalue weighted by molar-refractivity contribution is 5.76. The van der Waals surface area contributed by atoms with Crippen LogP contribution in [0.5, 0.6) is 0 Å². The third kappa shape index (κ3) is 11.9. The van der Waals surface area contributed by atoms with Crippen LogP contribution in [0.25, 0.3) is 0 Å². The van der Waals surface area contributed by atoms with Gasteiger partial charge in [0.05, 0.1) is 0 Å². The number of pyridine rings is 2. The van der Waals surface area contributed by atoms with Crippen LogP contribution in [-0.4, -0.2) is 26.8 Å². The number of hydrogen-bond acceptors (Lipinski definition) is 2. The van der Waals surface area contributed by atoms with Crippen LogP contribution >= 0.6 is 0 Å². The second-order valence-electron chi connectivity index (χ2n) is 11.8. The SMILES string of the molecule is C.C.CC(C)(C)c1cccc(C(C)(C)C)n1.CC(C)(C)c1cccc(C(C)(C)C)n1.[B].[B]. The Morgan fingerprint density at radius 1 is 0.406 bits per heavy atom. The molecular weight excluding hydrogens is 386 g/mol. The summed E-state index contributed by atoms with van der Waals surface area (Å²) in [6.45, 7) is 26.4. The van der Waals surface area contributed by atoms with Crippen molar-refractivity contribution in [2.45, 2.75) is 120 Å². The molecule has 0 saturated heterocycles. The fourth-order valence-electron chi connectivity index (χ4n) is 2.54. The van der Waals surface area contributed by atoms with E-state index in [9.17, 15) is 0 Å². The molecule has 0 fully saturated rings. The first-order chi connectivity index (χ1) is 12.4. The monoisotopic (exact) mass is 436 g/mol. The van der Waals surface area contributed by atoms with E-state index in [1.165, 1.54) is 22.8 Å². The third-order valence-corrected chi connectivity index (χ3v) is 4.57. The van der Waals surface area contributed by atoms with Gasteiger partial charge in [0.2, 0.25) is 0 Å². The molecule has 178 valence electrons. The van der Waals surface area contributed by atoms with Gasteiger partial charge in [-0.2, -0.15) is 0 Å². The number of hydrogen-bond donors (Lipinski definition) is 0. The lowest BCUT2D eigenvalue weighted by Gasteiger charge is -2.23. The van der Waals surface area contributed by atoms with Gasteiger partial charge in [-0.1, -0.05) is 110 Å². The van der Waals surface area contributed by atoms with Crippen LogP contribution in [0.4, 0.5) is 0 Å². The molecule has 0 amide bonds. The molecule has 0 aliphatic rings. The Bertz CT molecular complexity index is 645. The molecule has 4 heteroatoms. The summed E-state index contributed by atoms with van der Waals surface area (Å²) >= 11 is 0. The van der Waals surface area contributed by atoms with Crippen LogP contribution in [0.15, 0.2) is 36.4 Å². The van der Waals surface area contributed by atoms with Gasteiger partial charge in [0.15, 0.2) is 0 Å². The summed E-state index contributed by atoms with van der Waals surface area (Å²) in [5.41, 5.74) is 5.25. The largest absolute Gasteiger partial charge is 0.257 e. The van der Waals surface area contributed by atoms with Gasteiger partial charge >= 0.3 is 0 Å². The molecule has 0 atom stereocenters. The molecule has 0 N–H and O–H groups in total. The minimum atomic E-state index is 0. The van der Waals surface area contributed by atoms with Crippen molar-refractivity contribution in [3.8, 4) is 0 Å². The van der Waals surface area contributed by atoms with Crippen LogP contribution in [0, 0.1) is 0 Å². The molecule has 2 rings (SSSR count). The predicted molar refractivity (Wildman–Crippen MR) is 148 cm³/mol. The van der Waals surface area contributed by atoms with E-state index in [1.807, 2.05) is 0 Å². The number of nitrogens with zero attached hydrogens (tertiary/aromatic N) is 2. The molecule has 2 aromatic rings. The fourth-order valence-corrected chi connectivity index (χ4v) is 2.54. The Kier molecular flexibility index (Phi) is 15.6. The number of rotatable bonds is 0. The van der Waals surface area contributed by atoms with Crippen LogP contribution in [0.2, 0.25) is 0 Å². The van der Waals surface area contributed by atoms with Crippen molar-refractivity contribution in [1.82, 2.24) is 9.97 Å². The lowest BCUT2D eigenvalue weighted by atomic mass is 9.88. The molecule has 32 heavy (non-hydrogen) atoms. The van der Waals surface area contributed by atoms with Crippen LogP contribution in [0.1, 0.15) is 121 Å². The Labute approximate surface area is 205 Å². The van der Waals surface area contributed by atoms with Crippen molar-refractivity contribution in [1.29, 1.82) is 0 Å². The minimum absolute atomic E-state index is 0. The lowest BCUT2D eigenvalue weighted by Crippen LogP contribution is -2.19. The molecule has 0 aromatic carbocycles. The van der Waals surface area contributed by atoms with Gasteiger partial charge in [-0.3, -0.25) is 9.97 Å². The second-order valence-corrected chi connectivity index (χ2v) is 11.8. The molecule has 2 heterocycles. The van der Waals surface area contributed by atoms with E-state index in [1.54, 1.807) is 0 Å². The fraction of sp³-hybridized carbons (Fsp3) is 0.643. The van der Waals surface area contributed by atoms with E-state index in [2.05, 4.69) is 119 Å². The summed E-state index contributed by atoms with van der Waals surface area (Å²) < 4.78 is 0. The maximum absolute atomic E-state index is 4.72. The van der Waals surface area contributed by atoms with Crippen molar-refractivity contribution in [2.24, 2.45) is 0 Å². The molecule has 0 spiro atoms. The van der Waals surface area contributed by atoms with E-state index >= 15 is 0 Å². The molecule has 0 aliphatic heterocycles. The van der Waals surface area contributed by atoms with Crippen LogP contribution in [-0.2, 0) is 21.7 Å². The Balaban J connectivity index is -0.000000218. The van der Waals surface area contributed by atoms with Gasteiger partial charge in [0.1, 0.15) is 0 Å².